The number of hydrogen-bond acceptors (Lipinski definition) is 5. The van der Waals surface area contributed by atoms with Gasteiger partial charge in [0.2, 0.25) is 5.13 Å². The van der Waals surface area contributed by atoms with Gasteiger partial charge in [-0.25, -0.2) is 9.37 Å². The fourth-order valence-electron chi connectivity index (χ4n) is 2.57. The SMILES string of the molecule is CN1C(=O)/C(=C/c2c(F)cccc2Cl)S/C1=N/c1nc(-c2ccccc2)cs1. The molecule has 1 amide bonds. The number of amidine groups is 1. The molecule has 4 nitrogen and oxygen atoms in total. The van der Waals surface area contributed by atoms with Crippen LogP contribution < -0.4 is 0 Å². The van der Waals surface area contributed by atoms with Crippen LogP contribution in [0.2, 0.25) is 5.02 Å². The average Bonchev–Trinajstić information content (AvgIpc) is 3.26. The molecule has 0 saturated carbocycles. The highest BCUT2D eigenvalue weighted by atomic mass is 35.5. The van der Waals surface area contributed by atoms with Crippen molar-refractivity contribution in [2.24, 2.45) is 4.99 Å². The largest absolute Gasteiger partial charge is 0.289 e. The van der Waals surface area contributed by atoms with E-state index in [0.717, 1.165) is 11.3 Å². The number of thiazole rings is 1. The molecule has 1 aromatic heterocycles. The highest BCUT2D eigenvalue weighted by molar-refractivity contribution is 8.18. The Kier molecular flexibility index (Phi) is 5.30. The van der Waals surface area contributed by atoms with Crippen molar-refractivity contribution in [1.29, 1.82) is 0 Å². The van der Waals surface area contributed by atoms with Gasteiger partial charge in [-0.05, 0) is 30.0 Å². The van der Waals surface area contributed by atoms with Gasteiger partial charge < -0.3 is 0 Å². The summed E-state index contributed by atoms with van der Waals surface area (Å²) in [5.41, 5.74) is 2.02. The summed E-state index contributed by atoms with van der Waals surface area (Å²) in [6, 6.07) is 14.2. The van der Waals surface area contributed by atoms with Gasteiger partial charge in [0, 0.05) is 23.6 Å². The maximum Gasteiger partial charge on any atom is 0.266 e. The zero-order valence-corrected chi connectivity index (χ0v) is 17.0. The van der Waals surface area contributed by atoms with Gasteiger partial charge in [-0.2, -0.15) is 4.99 Å². The van der Waals surface area contributed by atoms with Crippen molar-refractivity contribution in [1.82, 2.24) is 9.88 Å². The molecular weight excluding hydrogens is 417 g/mol. The van der Waals surface area contributed by atoms with Gasteiger partial charge in [-0.1, -0.05) is 48.0 Å². The number of aromatic nitrogens is 1. The minimum atomic E-state index is -0.478. The minimum Gasteiger partial charge on any atom is -0.289 e. The predicted molar refractivity (Wildman–Crippen MR) is 114 cm³/mol. The van der Waals surface area contributed by atoms with Crippen LogP contribution in [-0.2, 0) is 4.79 Å². The summed E-state index contributed by atoms with van der Waals surface area (Å²) in [6.07, 6.45) is 1.46. The van der Waals surface area contributed by atoms with Crippen LogP contribution in [-0.4, -0.2) is 28.0 Å². The van der Waals surface area contributed by atoms with Crippen molar-refractivity contribution in [3.63, 3.8) is 0 Å². The zero-order valence-electron chi connectivity index (χ0n) is 14.6. The van der Waals surface area contributed by atoms with E-state index in [1.165, 1.54) is 46.2 Å². The van der Waals surface area contributed by atoms with E-state index in [-0.39, 0.29) is 16.5 Å². The van der Waals surface area contributed by atoms with E-state index < -0.39 is 5.82 Å². The number of aliphatic imine (C=N–C) groups is 1. The van der Waals surface area contributed by atoms with Crippen LogP contribution >= 0.6 is 34.7 Å². The summed E-state index contributed by atoms with van der Waals surface area (Å²) in [5.74, 6) is -0.739. The Bertz CT molecular complexity index is 1090. The van der Waals surface area contributed by atoms with E-state index in [9.17, 15) is 9.18 Å². The number of hydrogen-bond donors (Lipinski definition) is 0. The van der Waals surface area contributed by atoms with E-state index in [1.807, 2.05) is 35.7 Å². The molecule has 8 heteroatoms. The number of thioether (sulfide) groups is 1. The third-order valence-corrected chi connectivity index (χ3v) is 6.16. The molecule has 0 aliphatic carbocycles. The molecule has 0 bridgehead atoms. The highest BCUT2D eigenvalue weighted by Gasteiger charge is 2.31. The summed E-state index contributed by atoms with van der Waals surface area (Å²) < 4.78 is 14.0. The van der Waals surface area contributed by atoms with Crippen LogP contribution in [0.5, 0.6) is 0 Å². The summed E-state index contributed by atoms with van der Waals surface area (Å²) in [6.45, 7) is 0. The molecule has 1 fully saturated rings. The zero-order chi connectivity index (χ0) is 19.7. The predicted octanol–water partition coefficient (Wildman–Crippen LogP) is 5.84. The third kappa shape index (κ3) is 3.73. The van der Waals surface area contributed by atoms with Crippen molar-refractivity contribution in [2.75, 3.05) is 7.05 Å². The Morgan fingerprint density at radius 1 is 1.18 bits per heavy atom. The van der Waals surface area contributed by atoms with Gasteiger partial charge in [-0.3, -0.25) is 9.69 Å². The number of carbonyl (C=O) groups excluding carboxylic acids is 1. The molecule has 1 saturated heterocycles. The van der Waals surface area contributed by atoms with E-state index >= 15 is 0 Å². The molecule has 3 aromatic rings. The standard InChI is InChI=1S/C20H13ClFN3OS2/c1-25-18(26)17(10-13-14(21)8-5-9-15(13)22)28-20(25)24-19-23-16(11-27-19)12-6-3-2-4-7-12/h2-11H,1H3/b17-10-,24-20+. The Morgan fingerprint density at radius 3 is 2.71 bits per heavy atom. The lowest BCUT2D eigenvalue weighted by Crippen LogP contribution is -2.23. The summed E-state index contributed by atoms with van der Waals surface area (Å²) in [7, 11) is 1.63. The quantitative estimate of drug-likeness (QED) is 0.491. The van der Waals surface area contributed by atoms with E-state index in [2.05, 4.69) is 9.98 Å². The smallest absolute Gasteiger partial charge is 0.266 e. The minimum absolute atomic E-state index is 0.190. The third-order valence-electron chi connectivity index (χ3n) is 4.03. The maximum atomic E-state index is 14.0. The first kappa shape index (κ1) is 18.9. The number of nitrogens with zero attached hydrogens (tertiary/aromatic N) is 3. The van der Waals surface area contributed by atoms with Gasteiger partial charge in [-0.15, -0.1) is 11.3 Å². The molecule has 2 heterocycles. The van der Waals surface area contributed by atoms with E-state index in [1.54, 1.807) is 13.1 Å². The highest BCUT2D eigenvalue weighted by Crippen LogP contribution is 2.36. The second-order valence-corrected chi connectivity index (χ2v) is 8.14. The molecule has 1 aliphatic rings. The monoisotopic (exact) mass is 429 g/mol. The molecule has 0 N–H and O–H groups in total. The van der Waals surface area contributed by atoms with Gasteiger partial charge in [0.05, 0.1) is 15.6 Å². The lowest BCUT2D eigenvalue weighted by atomic mass is 10.2. The van der Waals surface area contributed by atoms with Crippen molar-refractivity contribution < 1.29 is 9.18 Å². The molecule has 2 aromatic carbocycles. The molecule has 4 rings (SSSR count). The van der Waals surface area contributed by atoms with E-state index in [4.69, 9.17) is 11.6 Å². The van der Waals surface area contributed by atoms with Crippen LogP contribution in [0.25, 0.3) is 17.3 Å². The van der Waals surface area contributed by atoms with Crippen LogP contribution in [0.3, 0.4) is 0 Å². The van der Waals surface area contributed by atoms with Crippen molar-refractivity contribution in [3.8, 4) is 11.3 Å². The summed E-state index contributed by atoms with van der Waals surface area (Å²) >= 11 is 8.62. The number of amides is 1. The van der Waals surface area contributed by atoms with Crippen LogP contribution in [0.15, 0.2) is 63.8 Å². The molecule has 0 radical (unpaired) electrons. The number of carbonyl (C=O) groups is 1. The molecule has 1 aliphatic heterocycles. The number of benzene rings is 2. The number of likely N-dealkylation sites (N-methyl/N-ethyl adjacent to an activating group) is 1. The first-order valence-electron chi connectivity index (χ1n) is 8.24. The second-order valence-electron chi connectivity index (χ2n) is 5.89. The van der Waals surface area contributed by atoms with E-state index in [0.29, 0.717) is 15.2 Å². The molecule has 0 atom stereocenters. The Balaban J connectivity index is 1.63. The maximum absolute atomic E-state index is 14.0. The molecular formula is C20H13ClFN3OS2. The topological polar surface area (TPSA) is 45.6 Å². The molecule has 140 valence electrons. The molecule has 0 spiro atoms. The van der Waals surface area contributed by atoms with Crippen LogP contribution in [0, 0.1) is 5.82 Å². The average molecular weight is 430 g/mol. The van der Waals surface area contributed by atoms with Gasteiger partial charge in [0.15, 0.2) is 5.17 Å². The normalized spacial score (nSPS) is 17.1. The molecule has 28 heavy (non-hydrogen) atoms. The Morgan fingerprint density at radius 2 is 1.96 bits per heavy atom. The first-order chi connectivity index (χ1) is 13.5. The first-order valence-corrected chi connectivity index (χ1v) is 10.3. The molecule has 0 unspecified atom stereocenters. The van der Waals surface area contributed by atoms with Gasteiger partial charge in [0.1, 0.15) is 5.82 Å². The fourth-order valence-corrected chi connectivity index (χ4v) is 4.49. The Labute approximate surface area is 174 Å². The van der Waals surface area contributed by atoms with Crippen molar-refractivity contribution >= 4 is 57.0 Å². The number of rotatable bonds is 3. The second kappa shape index (κ2) is 7.87. The van der Waals surface area contributed by atoms with Crippen LogP contribution in [0.4, 0.5) is 9.52 Å². The lowest BCUT2D eigenvalue weighted by molar-refractivity contribution is -0.121. The lowest BCUT2D eigenvalue weighted by Gasteiger charge is -2.05. The summed E-state index contributed by atoms with van der Waals surface area (Å²) in [4.78, 5) is 23.3. The van der Waals surface area contributed by atoms with Crippen molar-refractivity contribution in [3.05, 3.63) is 75.2 Å². The number of halogens is 2. The van der Waals surface area contributed by atoms with Gasteiger partial charge in [0.25, 0.3) is 5.91 Å². The van der Waals surface area contributed by atoms with Crippen molar-refractivity contribution in [2.45, 2.75) is 0 Å². The summed E-state index contributed by atoms with van der Waals surface area (Å²) in [5, 5.41) is 3.21. The fraction of sp³-hybridized carbons (Fsp3) is 0.0500. The Hall–Kier alpha value is -2.48. The van der Waals surface area contributed by atoms with Crippen LogP contribution in [0.1, 0.15) is 5.56 Å². The van der Waals surface area contributed by atoms with Gasteiger partial charge >= 0.3 is 0 Å².